The van der Waals surface area contributed by atoms with Crippen molar-refractivity contribution < 1.29 is 9.53 Å². The van der Waals surface area contributed by atoms with Gasteiger partial charge in [0.1, 0.15) is 5.75 Å². The molecule has 7 nitrogen and oxygen atoms in total. The van der Waals surface area contributed by atoms with Gasteiger partial charge in [-0.3, -0.25) is 9.48 Å². The first-order valence-electron chi connectivity index (χ1n) is 6.43. The number of ether oxygens (including phenoxy) is 1. The van der Waals surface area contributed by atoms with Gasteiger partial charge in [-0.1, -0.05) is 5.21 Å². The van der Waals surface area contributed by atoms with Crippen molar-refractivity contribution >= 4 is 11.6 Å². The summed E-state index contributed by atoms with van der Waals surface area (Å²) >= 11 is 0. The van der Waals surface area contributed by atoms with E-state index < -0.39 is 0 Å². The van der Waals surface area contributed by atoms with Gasteiger partial charge in [0.25, 0.3) is 5.91 Å². The van der Waals surface area contributed by atoms with Gasteiger partial charge in [0.15, 0.2) is 5.69 Å². The number of anilines is 1. The van der Waals surface area contributed by atoms with Crippen molar-refractivity contribution in [2.45, 2.75) is 13.0 Å². The molecule has 20 heavy (non-hydrogen) atoms. The van der Waals surface area contributed by atoms with E-state index in [-0.39, 0.29) is 11.6 Å². The van der Waals surface area contributed by atoms with Crippen LogP contribution in [0.1, 0.15) is 16.1 Å². The molecule has 2 heterocycles. The summed E-state index contributed by atoms with van der Waals surface area (Å²) < 4.78 is 6.97. The molecule has 2 aromatic rings. The summed E-state index contributed by atoms with van der Waals surface area (Å²) in [5.74, 6) is 0.601. The minimum atomic E-state index is -0.285. The molecule has 0 bridgehead atoms. The van der Waals surface area contributed by atoms with E-state index in [9.17, 15) is 4.79 Å². The van der Waals surface area contributed by atoms with Crippen LogP contribution in [-0.2, 0) is 13.0 Å². The van der Waals surface area contributed by atoms with Crippen LogP contribution >= 0.6 is 0 Å². The number of amides is 1. The van der Waals surface area contributed by atoms with E-state index in [1.807, 2.05) is 18.2 Å². The molecule has 0 fully saturated rings. The molecule has 3 N–H and O–H groups in total. The lowest BCUT2D eigenvalue weighted by Gasteiger charge is -2.05. The van der Waals surface area contributed by atoms with Crippen LogP contribution in [0.5, 0.6) is 5.75 Å². The Morgan fingerprint density at radius 2 is 2.40 bits per heavy atom. The number of hydrogen-bond donors (Lipinski definition) is 2. The molecule has 0 aliphatic carbocycles. The Kier molecular flexibility index (Phi) is 3.34. The molecular formula is C13H15N5O2. The van der Waals surface area contributed by atoms with Gasteiger partial charge >= 0.3 is 0 Å². The van der Waals surface area contributed by atoms with Gasteiger partial charge in [-0.25, -0.2) is 0 Å². The van der Waals surface area contributed by atoms with E-state index >= 15 is 0 Å². The van der Waals surface area contributed by atoms with Crippen LogP contribution in [0.4, 0.5) is 5.69 Å². The highest BCUT2D eigenvalue weighted by Crippen LogP contribution is 2.27. The van der Waals surface area contributed by atoms with Gasteiger partial charge in [0.05, 0.1) is 19.3 Å². The van der Waals surface area contributed by atoms with E-state index in [0.717, 1.165) is 23.4 Å². The van der Waals surface area contributed by atoms with E-state index in [2.05, 4.69) is 15.6 Å². The first kappa shape index (κ1) is 12.6. The average molecular weight is 273 g/mol. The van der Waals surface area contributed by atoms with Crippen molar-refractivity contribution in [3.8, 4) is 5.75 Å². The smallest absolute Gasteiger partial charge is 0.277 e. The molecule has 0 radical (unpaired) electrons. The summed E-state index contributed by atoms with van der Waals surface area (Å²) in [5, 5.41) is 10.5. The number of fused-ring (bicyclic) bond motifs is 1. The number of rotatable bonds is 4. The van der Waals surface area contributed by atoms with Crippen molar-refractivity contribution in [1.82, 2.24) is 15.0 Å². The summed E-state index contributed by atoms with van der Waals surface area (Å²) in [6, 6.07) is 5.60. The van der Waals surface area contributed by atoms with Crippen LogP contribution in [0, 0.1) is 0 Å². The first-order valence-corrected chi connectivity index (χ1v) is 6.43. The van der Waals surface area contributed by atoms with Gasteiger partial charge in [0.2, 0.25) is 0 Å². The third kappa shape index (κ3) is 2.48. The first-order chi connectivity index (χ1) is 9.76. The fraction of sp³-hybridized carbons (Fsp3) is 0.308. The minimum absolute atomic E-state index is 0.273. The van der Waals surface area contributed by atoms with Crippen molar-refractivity contribution in [3.05, 3.63) is 35.7 Å². The Bertz CT molecular complexity index is 637. The Labute approximate surface area is 115 Å². The molecule has 1 aliphatic rings. The van der Waals surface area contributed by atoms with Gasteiger partial charge in [-0.05, 0) is 23.8 Å². The van der Waals surface area contributed by atoms with Crippen molar-refractivity contribution in [2.75, 3.05) is 18.5 Å². The average Bonchev–Trinajstić information content (AvgIpc) is 3.07. The lowest BCUT2D eigenvalue weighted by atomic mass is 10.1. The number of carbonyl (C=O) groups excluding carboxylic acids is 1. The monoisotopic (exact) mass is 273 g/mol. The number of carbonyl (C=O) groups is 1. The molecule has 104 valence electrons. The SMILES string of the molecule is NCCn1cc(C(=O)Nc2ccc3c(c2)CCO3)nn1. The summed E-state index contributed by atoms with van der Waals surface area (Å²) in [4.78, 5) is 12.0. The topological polar surface area (TPSA) is 95.1 Å². The summed E-state index contributed by atoms with van der Waals surface area (Å²) in [7, 11) is 0. The van der Waals surface area contributed by atoms with Crippen LogP contribution < -0.4 is 15.8 Å². The lowest BCUT2D eigenvalue weighted by Crippen LogP contribution is -2.13. The van der Waals surface area contributed by atoms with E-state index in [1.165, 1.54) is 0 Å². The molecule has 1 amide bonds. The third-order valence-electron chi connectivity index (χ3n) is 3.08. The molecular weight excluding hydrogens is 258 g/mol. The number of benzene rings is 1. The van der Waals surface area contributed by atoms with E-state index in [1.54, 1.807) is 10.9 Å². The molecule has 0 spiro atoms. The molecule has 0 unspecified atom stereocenters. The van der Waals surface area contributed by atoms with Crippen molar-refractivity contribution in [2.24, 2.45) is 5.73 Å². The molecule has 3 rings (SSSR count). The van der Waals surface area contributed by atoms with Crippen LogP contribution in [-0.4, -0.2) is 34.1 Å². The van der Waals surface area contributed by atoms with Crippen LogP contribution in [0.15, 0.2) is 24.4 Å². The Morgan fingerprint density at radius 1 is 1.50 bits per heavy atom. The number of aromatic nitrogens is 3. The van der Waals surface area contributed by atoms with Gasteiger partial charge in [-0.15, -0.1) is 5.10 Å². The van der Waals surface area contributed by atoms with E-state index in [0.29, 0.717) is 19.7 Å². The highest BCUT2D eigenvalue weighted by molar-refractivity contribution is 6.02. The fourth-order valence-corrected chi connectivity index (χ4v) is 2.10. The zero-order chi connectivity index (χ0) is 13.9. The number of nitrogens with one attached hydrogen (secondary N) is 1. The molecule has 1 aromatic carbocycles. The highest BCUT2D eigenvalue weighted by atomic mass is 16.5. The normalized spacial score (nSPS) is 12.8. The maximum atomic E-state index is 12.0. The third-order valence-corrected chi connectivity index (χ3v) is 3.08. The van der Waals surface area contributed by atoms with Crippen LogP contribution in [0.3, 0.4) is 0 Å². The number of nitrogens with two attached hydrogens (primary N) is 1. The number of nitrogens with zero attached hydrogens (tertiary/aromatic N) is 3. The standard InChI is InChI=1S/C13H15N5O2/c14-4-5-18-8-11(16-17-18)13(19)15-10-1-2-12-9(7-10)3-6-20-12/h1-2,7-8H,3-6,14H2,(H,15,19). The summed E-state index contributed by atoms with van der Waals surface area (Å²) in [6.07, 6.45) is 2.45. The molecule has 0 atom stereocenters. The second-order valence-corrected chi connectivity index (χ2v) is 4.53. The van der Waals surface area contributed by atoms with Gasteiger partial charge in [0, 0.05) is 18.7 Å². The quantitative estimate of drug-likeness (QED) is 0.842. The zero-order valence-electron chi connectivity index (χ0n) is 10.9. The Balaban J connectivity index is 1.71. The fourth-order valence-electron chi connectivity index (χ4n) is 2.10. The summed E-state index contributed by atoms with van der Waals surface area (Å²) in [6.45, 7) is 1.69. The summed E-state index contributed by atoms with van der Waals surface area (Å²) in [5.41, 5.74) is 7.53. The second-order valence-electron chi connectivity index (χ2n) is 4.53. The Hall–Kier alpha value is -2.41. The molecule has 7 heteroatoms. The molecule has 0 saturated heterocycles. The second kappa shape index (κ2) is 5.30. The zero-order valence-corrected chi connectivity index (χ0v) is 10.9. The predicted octanol–water partition coefficient (Wildman–Crippen LogP) is 0.424. The van der Waals surface area contributed by atoms with E-state index in [4.69, 9.17) is 10.5 Å². The molecule has 0 saturated carbocycles. The van der Waals surface area contributed by atoms with Crippen LogP contribution in [0.2, 0.25) is 0 Å². The van der Waals surface area contributed by atoms with Crippen molar-refractivity contribution in [1.29, 1.82) is 0 Å². The number of hydrogen-bond acceptors (Lipinski definition) is 5. The predicted molar refractivity (Wildman–Crippen MR) is 72.7 cm³/mol. The lowest BCUT2D eigenvalue weighted by molar-refractivity contribution is 0.102. The highest BCUT2D eigenvalue weighted by Gasteiger charge is 2.15. The minimum Gasteiger partial charge on any atom is -0.493 e. The molecule has 1 aliphatic heterocycles. The van der Waals surface area contributed by atoms with Crippen molar-refractivity contribution in [3.63, 3.8) is 0 Å². The largest absolute Gasteiger partial charge is 0.493 e. The Morgan fingerprint density at radius 3 is 3.25 bits per heavy atom. The van der Waals surface area contributed by atoms with Crippen LogP contribution in [0.25, 0.3) is 0 Å². The maximum absolute atomic E-state index is 12.0. The molecule has 1 aromatic heterocycles. The van der Waals surface area contributed by atoms with Gasteiger partial charge < -0.3 is 15.8 Å². The van der Waals surface area contributed by atoms with Gasteiger partial charge in [-0.2, -0.15) is 0 Å². The maximum Gasteiger partial charge on any atom is 0.277 e.